The molecule has 0 heterocycles. The fraction of sp³-hybridized carbons (Fsp3) is 1.00. The highest BCUT2D eigenvalue weighted by molar-refractivity contribution is 7.67. The summed E-state index contributed by atoms with van der Waals surface area (Å²) in [5.41, 5.74) is 0. The SMILES string of the molecule is CC(O[SH](=O)=O)(O[SH](=O)=O)C(F)(F)F. The molecule has 0 bridgehead atoms. The normalized spacial score (nSPS) is 13.9. The molecular formula is C3H5F3O6S2. The van der Waals surface area contributed by atoms with Gasteiger partial charge in [-0.05, 0) is 0 Å². The Balaban J connectivity index is 5.04. The summed E-state index contributed by atoms with van der Waals surface area (Å²) < 4.78 is 82.3. The topological polar surface area (TPSA) is 86.7 Å². The summed E-state index contributed by atoms with van der Waals surface area (Å²) in [6, 6.07) is 0. The molecule has 0 rings (SSSR count). The van der Waals surface area contributed by atoms with Gasteiger partial charge in [0.05, 0.1) is 0 Å². The van der Waals surface area contributed by atoms with Gasteiger partial charge in [0.1, 0.15) is 0 Å². The number of thiol groups is 2. The monoisotopic (exact) mass is 258 g/mol. The van der Waals surface area contributed by atoms with Gasteiger partial charge in [-0.25, -0.2) is 25.2 Å². The number of hydrogen-bond acceptors (Lipinski definition) is 6. The van der Waals surface area contributed by atoms with Crippen LogP contribution in [-0.4, -0.2) is 28.8 Å². The van der Waals surface area contributed by atoms with Crippen molar-refractivity contribution in [3.05, 3.63) is 0 Å². The predicted octanol–water partition coefficient (Wildman–Crippen LogP) is -0.649. The minimum absolute atomic E-state index is 0.128. The van der Waals surface area contributed by atoms with E-state index in [9.17, 15) is 30.0 Å². The summed E-state index contributed by atoms with van der Waals surface area (Å²) in [5.74, 6) is -3.71. The van der Waals surface area contributed by atoms with Crippen LogP contribution in [0.4, 0.5) is 13.2 Å². The molecule has 14 heavy (non-hydrogen) atoms. The third-order valence-corrected chi connectivity index (χ3v) is 2.01. The van der Waals surface area contributed by atoms with E-state index in [0.717, 1.165) is 0 Å². The maximum absolute atomic E-state index is 12.0. The molecule has 0 fully saturated rings. The molecule has 0 aromatic rings. The number of hydrogen-bond donors (Lipinski definition) is 2. The van der Waals surface area contributed by atoms with Gasteiger partial charge >= 0.3 is 6.18 Å². The van der Waals surface area contributed by atoms with Crippen LogP contribution in [0.15, 0.2) is 0 Å². The lowest BCUT2D eigenvalue weighted by Crippen LogP contribution is -2.46. The van der Waals surface area contributed by atoms with Crippen molar-refractivity contribution in [2.24, 2.45) is 0 Å². The summed E-state index contributed by atoms with van der Waals surface area (Å²) in [6.07, 6.45) is -5.29. The van der Waals surface area contributed by atoms with Crippen LogP contribution in [0.3, 0.4) is 0 Å². The van der Waals surface area contributed by atoms with Crippen molar-refractivity contribution in [1.82, 2.24) is 0 Å². The van der Waals surface area contributed by atoms with Crippen molar-refractivity contribution in [2.75, 3.05) is 0 Å². The molecule has 0 aliphatic carbocycles. The van der Waals surface area contributed by atoms with Crippen LogP contribution in [0.5, 0.6) is 0 Å². The van der Waals surface area contributed by atoms with Gasteiger partial charge in [0.15, 0.2) is 0 Å². The molecule has 0 aliphatic rings. The molecule has 0 amide bonds. The van der Waals surface area contributed by atoms with E-state index in [4.69, 9.17) is 0 Å². The van der Waals surface area contributed by atoms with Gasteiger partial charge in [-0.1, -0.05) is 0 Å². The number of rotatable bonds is 4. The molecule has 0 aliphatic heterocycles. The lowest BCUT2D eigenvalue weighted by Gasteiger charge is -2.25. The second-order valence-corrected chi connectivity index (χ2v) is 3.33. The molecule has 0 atom stereocenters. The first kappa shape index (κ1) is 13.6. The highest BCUT2D eigenvalue weighted by Crippen LogP contribution is 2.34. The number of alkyl halides is 3. The van der Waals surface area contributed by atoms with E-state index in [1.165, 1.54) is 0 Å². The lowest BCUT2D eigenvalue weighted by atomic mass is 10.3. The van der Waals surface area contributed by atoms with Gasteiger partial charge in [0.25, 0.3) is 27.8 Å². The molecule has 0 spiro atoms. The minimum atomic E-state index is -5.29. The molecule has 6 nitrogen and oxygen atoms in total. The van der Waals surface area contributed by atoms with Crippen molar-refractivity contribution < 1.29 is 38.4 Å². The zero-order chi connectivity index (χ0) is 11.6. The smallest absolute Gasteiger partial charge is 0.226 e. The van der Waals surface area contributed by atoms with Gasteiger partial charge in [-0.2, -0.15) is 13.2 Å². The molecule has 0 radical (unpaired) electrons. The van der Waals surface area contributed by atoms with Crippen molar-refractivity contribution in [3.63, 3.8) is 0 Å². The van der Waals surface area contributed by atoms with E-state index in [-0.39, 0.29) is 6.92 Å². The Morgan fingerprint density at radius 1 is 0.929 bits per heavy atom. The van der Waals surface area contributed by atoms with E-state index in [0.29, 0.717) is 0 Å². The van der Waals surface area contributed by atoms with Gasteiger partial charge in [0.2, 0.25) is 0 Å². The largest absolute Gasteiger partial charge is 0.445 e. The van der Waals surface area contributed by atoms with Crippen LogP contribution in [0.2, 0.25) is 0 Å². The molecular weight excluding hydrogens is 253 g/mol. The third-order valence-electron chi connectivity index (χ3n) is 1.01. The summed E-state index contributed by atoms with van der Waals surface area (Å²) in [6.45, 7) is 0.128. The molecule has 0 unspecified atom stereocenters. The summed E-state index contributed by atoms with van der Waals surface area (Å²) >= 11 is 0. The zero-order valence-electron chi connectivity index (χ0n) is 6.48. The van der Waals surface area contributed by atoms with Crippen LogP contribution in [-0.2, 0) is 30.3 Å². The average Bonchev–Trinajstić information content (AvgIpc) is 1.78. The lowest BCUT2D eigenvalue weighted by molar-refractivity contribution is -0.309. The fourth-order valence-electron chi connectivity index (χ4n) is 0.405. The zero-order valence-corrected chi connectivity index (χ0v) is 8.27. The van der Waals surface area contributed by atoms with E-state index < -0.39 is 33.9 Å². The third kappa shape index (κ3) is 3.77. The van der Waals surface area contributed by atoms with Crippen molar-refractivity contribution in [3.8, 4) is 0 Å². The Hall–Kier alpha value is -0.390. The molecule has 86 valence electrons. The minimum Gasteiger partial charge on any atom is -0.226 e. The Bertz CT molecular complexity index is 301. The van der Waals surface area contributed by atoms with Crippen LogP contribution < -0.4 is 0 Å². The molecule has 0 aromatic carbocycles. The first-order valence-electron chi connectivity index (χ1n) is 2.82. The Morgan fingerprint density at radius 2 is 1.21 bits per heavy atom. The summed E-state index contributed by atoms with van der Waals surface area (Å²) in [7, 11) is -7.79. The van der Waals surface area contributed by atoms with Crippen molar-refractivity contribution >= 4 is 22.0 Å². The van der Waals surface area contributed by atoms with Crippen LogP contribution in [0.1, 0.15) is 6.92 Å². The molecule has 0 saturated carbocycles. The Labute approximate surface area is 79.9 Å². The summed E-state index contributed by atoms with van der Waals surface area (Å²) in [4.78, 5) is 0. The highest BCUT2D eigenvalue weighted by atomic mass is 32.2. The maximum Gasteiger partial charge on any atom is 0.445 e. The maximum atomic E-state index is 12.0. The molecule has 0 N–H and O–H groups in total. The van der Waals surface area contributed by atoms with E-state index in [2.05, 4.69) is 8.37 Å². The van der Waals surface area contributed by atoms with Gasteiger partial charge < -0.3 is 0 Å². The van der Waals surface area contributed by atoms with Gasteiger partial charge in [0, 0.05) is 6.92 Å². The van der Waals surface area contributed by atoms with Gasteiger partial charge in [-0.3, -0.25) is 0 Å². The second kappa shape index (κ2) is 4.42. The molecule has 11 heteroatoms. The average molecular weight is 258 g/mol. The van der Waals surface area contributed by atoms with E-state index >= 15 is 0 Å². The van der Waals surface area contributed by atoms with E-state index in [1.54, 1.807) is 0 Å². The standard InChI is InChI=1S/C3H5F3O6S2/c1-2(3(4,5)6,11-13(7)8)12-14(9)10/h13-14H,1H3. The highest BCUT2D eigenvalue weighted by Gasteiger charge is 2.56. The molecule has 0 aromatic heterocycles. The van der Waals surface area contributed by atoms with Gasteiger partial charge in [-0.15, -0.1) is 0 Å². The molecule has 0 saturated heterocycles. The first-order valence-corrected chi connectivity index (χ1v) is 5.01. The van der Waals surface area contributed by atoms with Crippen LogP contribution in [0.25, 0.3) is 0 Å². The number of halogens is 3. The van der Waals surface area contributed by atoms with Crippen LogP contribution >= 0.6 is 0 Å². The quantitative estimate of drug-likeness (QED) is 0.515. The van der Waals surface area contributed by atoms with Crippen LogP contribution in [0, 0.1) is 0 Å². The van der Waals surface area contributed by atoms with E-state index in [1.807, 2.05) is 0 Å². The summed E-state index contributed by atoms with van der Waals surface area (Å²) in [5, 5.41) is 0. The Kier molecular flexibility index (Phi) is 4.30. The fourth-order valence-corrected chi connectivity index (χ4v) is 1.31. The predicted molar refractivity (Wildman–Crippen MR) is 37.3 cm³/mol. The second-order valence-electron chi connectivity index (χ2n) is 2.07. The van der Waals surface area contributed by atoms with Crippen molar-refractivity contribution in [2.45, 2.75) is 18.9 Å². The first-order chi connectivity index (χ1) is 6.08. The van der Waals surface area contributed by atoms with Crippen molar-refractivity contribution in [1.29, 1.82) is 0 Å². The Morgan fingerprint density at radius 3 is 1.36 bits per heavy atom.